The Kier molecular flexibility index (Phi) is 5.72. The van der Waals surface area contributed by atoms with Crippen LogP contribution in [0, 0.1) is 0 Å². The number of nitrogens with zero attached hydrogens (tertiary/aromatic N) is 2. The molecule has 2 aromatic rings. The highest BCUT2D eigenvalue weighted by molar-refractivity contribution is 9.10. The predicted molar refractivity (Wildman–Crippen MR) is 100 cm³/mol. The second-order valence-electron chi connectivity index (χ2n) is 5.62. The minimum Gasteiger partial charge on any atom is -0.286 e. The third-order valence-corrected chi connectivity index (χ3v) is 5.32. The molecule has 0 saturated carbocycles. The SMILES string of the molecule is O=C(c1cccc(Br)c1)N1CCN=C1SCc1cccc(C(F)(F)F)c1. The zero-order chi connectivity index (χ0) is 18.7. The number of halogens is 4. The van der Waals surface area contributed by atoms with Crippen LogP contribution >= 0.6 is 27.7 Å². The zero-order valence-corrected chi connectivity index (χ0v) is 15.9. The van der Waals surface area contributed by atoms with E-state index in [9.17, 15) is 18.0 Å². The topological polar surface area (TPSA) is 32.7 Å². The van der Waals surface area contributed by atoms with Gasteiger partial charge in [0.1, 0.15) is 0 Å². The smallest absolute Gasteiger partial charge is 0.286 e. The number of amidine groups is 1. The van der Waals surface area contributed by atoms with Crippen LogP contribution in [0.5, 0.6) is 0 Å². The van der Waals surface area contributed by atoms with Gasteiger partial charge in [-0.2, -0.15) is 13.2 Å². The maximum absolute atomic E-state index is 12.8. The molecule has 0 aromatic heterocycles. The monoisotopic (exact) mass is 442 g/mol. The Morgan fingerprint density at radius 1 is 1.19 bits per heavy atom. The van der Waals surface area contributed by atoms with Crippen molar-refractivity contribution in [3.05, 3.63) is 69.7 Å². The maximum Gasteiger partial charge on any atom is 0.416 e. The predicted octanol–water partition coefficient (Wildman–Crippen LogP) is 5.21. The molecule has 0 bridgehead atoms. The van der Waals surface area contributed by atoms with Crippen molar-refractivity contribution in [3.63, 3.8) is 0 Å². The lowest BCUT2D eigenvalue weighted by Crippen LogP contribution is -2.32. The number of carbonyl (C=O) groups is 1. The number of carbonyl (C=O) groups excluding carboxylic acids is 1. The highest BCUT2D eigenvalue weighted by Crippen LogP contribution is 2.31. The molecule has 1 aliphatic rings. The molecule has 0 aliphatic carbocycles. The van der Waals surface area contributed by atoms with Crippen LogP contribution in [0.15, 0.2) is 58.0 Å². The van der Waals surface area contributed by atoms with Gasteiger partial charge in [0.2, 0.25) is 0 Å². The van der Waals surface area contributed by atoms with E-state index < -0.39 is 11.7 Å². The molecule has 0 unspecified atom stereocenters. The standard InChI is InChI=1S/C18H14BrF3N2OS/c19-15-6-2-4-13(10-15)16(25)24-8-7-23-17(24)26-11-12-3-1-5-14(9-12)18(20,21)22/h1-6,9-10H,7-8,11H2. The van der Waals surface area contributed by atoms with E-state index in [0.29, 0.717) is 35.1 Å². The summed E-state index contributed by atoms with van der Waals surface area (Å²) in [5.74, 6) is 0.143. The summed E-state index contributed by atoms with van der Waals surface area (Å²) in [7, 11) is 0. The number of amides is 1. The first-order chi connectivity index (χ1) is 12.3. The first-order valence-corrected chi connectivity index (χ1v) is 9.53. The van der Waals surface area contributed by atoms with Gasteiger partial charge in [0, 0.05) is 22.3 Å². The number of alkyl halides is 3. The summed E-state index contributed by atoms with van der Waals surface area (Å²) >= 11 is 4.61. The van der Waals surface area contributed by atoms with Gasteiger partial charge in [-0.05, 0) is 29.8 Å². The van der Waals surface area contributed by atoms with Gasteiger partial charge in [-0.15, -0.1) is 0 Å². The third kappa shape index (κ3) is 4.48. The van der Waals surface area contributed by atoms with Crippen molar-refractivity contribution in [1.82, 2.24) is 4.90 Å². The number of aliphatic imine (C=N–C) groups is 1. The summed E-state index contributed by atoms with van der Waals surface area (Å²) in [5.41, 5.74) is 0.397. The Hall–Kier alpha value is -1.80. The van der Waals surface area contributed by atoms with Crippen molar-refractivity contribution in [1.29, 1.82) is 0 Å². The molecular formula is C18H14BrF3N2OS. The van der Waals surface area contributed by atoms with Crippen molar-refractivity contribution >= 4 is 38.8 Å². The van der Waals surface area contributed by atoms with E-state index in [1.54, 1.807) is 29.2 Å². The lowest BCUT2D eigenvalue weighted by molar-refractivity contribution is -0.137. The van der Waals surface area contributed by atoms with Gasteiger partial charge < -0.3 is 0 Å². The minimum atomic E-state index is -4.37. The molecule has 3 rings (SSSR count). The van der Waals surface area contributed by atoms with Crippen LogP contribution in [0.25, 0.3) is 0 Å². The second-order valence-corrected chi connectivity index (χ2v) is 7.48. The van der Waals surface area contributed by atoms with Crippen molar-refractivity contribution < 1.29 is 18.0 Å². The maximum atomic E-state index is 12.8. The van der Waals surface area contributed by atoms with Crippen molar-refractivity contribution in [2.45, 2.75) is 11.9 Å². The molecule has 0 N–H and O–H groups in total. The molecule has 136 valence electrons. The molecule has 2 aromatic carbocycles. The fourth-order valence-electron chi connectivity index (χ4n) is 2.50. The van der Waals surface area contributed by atoms with E-state index in [4.69, 9.17) is 0 Å². The highest BCUT2D eigenvalue weighted by Gasteiger charge is 2.30. The summed E-state index contributed by atoms with van der Waals surface area (Å²) in [6.45, 7) is 0.959. The summed E-state index contributed by atoms with van der Waals surface area (Å²) < 4.78 is 39.2. The summed E-state index contributed by atoms with van der Waals surface area (Å²) in [6, 6.07) is 12.3. The Bertz CT molecular complexity index is 854. The molecular weight excluding hydrogens is 429 g/mol. The zero-order valence-electron chi connectivity index (χ0n) is 13.5. The molecule has 0 fully saturated rings. The van der Waals surface area contributed by atoms with E-state index in [1.807, 2.05) is 6.07 Å². The van der Waals surface area contributed by atoms with Crippen LogP contribution in [0.4, 0.5) is 13.2 Å². The van der Waals surface area contributed by atoms with Gasteiger partial charge in [-0.25, -0.2) is 0 Å². The van der Waals surface area contributed by atoms with E-state index in [0.717, 1.165) is 16.6 Å². The minimum absolute atomic E-state index is 0.168. The van der Waals surface area contributed by atoms with Crippen LogP contribution < -0.4 is 0 Å². The molecule has 26 heavy (non-hydrogen) atoms. The van der Waals surface area contributed by atoms with E-state index in [2.05, 4.69) is 20.9 Å². The van der Waals surface area contributed by atoms with Gasteiger partial charge >= 0.3 is 6.18 Å². The Labute approximate surface area is 161 Å². The van der Waals surface area contributed by atoms with Crippen LogP contribution in [0.2, 0.25) is 0 Å². The van der Waals surface area contributed by atoms with E-state index in [-0.39, 0.29) is 5.91 Å². The second kappa shape index (κ2) is 7.84. The summed E-state index contributed by atoms with van der Waals surface area (Å²) in [5, 5.41) is 0.535. The average Bonchev–Trinajstić information content (AvgIpc) is 3.07. The largest absolute Gasteiger partial charge is 0.416 e. The number of hydrogen-bond acceptors (Lipinski definition) is 3. The quantitative estimate of drug-likeness (QED) is 0.653. The number of thioether (sulfide) groups is 1. The van der Waals surface area contributed by atoms with E-state index in [1.165, 1.54) is 17.8 Å². The Morgan fingerprint density at radius 3 is 2.69 bits per heavy atom. The van der Waals surface area contributed by atoms with Crippen molar-refractivity contribution in [2.24, 2.45) is 4.99 Å². The first kappa shape index (κ1) is 19.0. The Morgan fingerprint density at radius 2 is 1.96 bits per heavy atom. The van der Waals surface area contributed by atoms with Crippen molar-refractivity contribution in [3.8, 4) is 0 Å². The lowest BCUT2D eigenvalue weighted by atomic mass is 10.1. The van der Waals surface area contributed by atoms with Crippen LogP contribution in [0.3, 0.4) is 0 Å². The van der Waals surface area contributed by atoms with Gasteiger partial charge in [-0.1, -0.05) is 52.0 Å². The fraction of sp³-hybridized carbons (Fsp3) is 0.222. The van der Waals surface area contributed by atoms with Crippen LogP contribution in [-0.4, -0.2) is 29.1 Å². The van der Waals surface area contributed by atoms with Gasteiger partial charge in [0.15, 0.2) is 5.17 Å². The lowest BCUT2D eigenvalue weighted by Gasteiger charge is -2.18. The number of rotatable bonds is 3. The molecule has 1 aliphatic heterocycles. The van der Waals surface area contributed by atoms with E-state index >= 15 is 0 Å². The molecule has 3 nitrogen and oxygen atoms in total. The fourth-order valence-corrected chi connectivity index (χ4v) is 3.89. The summed E-state index contributed by atoms with van der Waals surface area (Å²) in [4.78, 5) is 18.6. The molecule has 1 amide bonds. The average molecular weight is 443 g/mol. The third-order valence-electron chi connectivity index (χ3n) is 3.74. The van der Waals surface area contributed by atoms with Crippen LogP contribution in [0.1, 0.15) is 21.5 Å². The molecule has 0 radical (unpaired) electrons. The molecule has 0 saturated heterocycles. The highest BCUT2D eigenvalue weighted by atomic mass is 79.9. The van der Waals surface area contributed by atoms with Crippen LogP contribution in [-0.2, 0) is 11.9 Å². The molecule has 0 spiro atoms. The molecule has 8 heteroatoms. The number of benzene rings is 2. The normalized spacial score (nSPS) is 14.5. The molecule has 0 atom stereocenters. The van der Waals surface area contributed by atoms with Gasteiger partial charge in [0.05, 0.1) is 12.1 Å². The van der Waals surface area contributed by atoms with Gasteiger partial charge in [-0.3, -0.25) is 14.7 Å². The first-order valence-electron chi connectivity index (χ1n) is 7.75. The number of hydrogen-bond donors (Lipinski definition) is 0. The summed E-state index contributed by atoms with van der Waals surface area (Å²) in [6.07, 6.45) is -4.37. The molecule has 1 heterocycles. The Balaban J connectivity index is 1.69. The van der Waals surface area contributed by atoms with Gasteiger partial charge in [0.25, 0.3) is 5.91 Å². The van der Waals surface area contributed by atoms with Crippen molar-refractivity contribution in [2.75, 3.05) is 13.1 Å².